The predicted molar refractivity (Wildman–Crippen MR) is 81.1 cm³/mol. The van der Waals surface area contributed by atoms with E-state index in [0.29, 0.717) is 0 Å². The summed E-state index contributed by atoms with van der Waals surface area (Å²) < 4.78 is 1.77. The first kappa shape index (κ1) is 13.5. The summed E-state index contributed by atoms with van der Waals surface area (Å²) in [4.78, 5) is 8.68. The zero-order valence-electron chi connectivity index (χ0n) is 12.9. The Labute approximate surface area is 122 Å². The summed E-state index contributed by atoms with van der Waals surface area (Å²) in [5.74, 6) is 0.804. The SMILES string of the molecule is Cc1n[nH]c(C)c1[C@@H](C)Nc1ncnc2c1c(C)nn2C. The molecule has 0 saturated heterocycles. The fourth-order valence-electron chi connectivity index (χ4n) is 2.86. The molecule has 0 fully saturated rings. The number of nitrogens with one attached hydrogen (secondary N) is 2. The normalized spacial score (nSPS) is 12.8. The summed E-state index contributed by atoms with van der Waals surface area (Å²) in [6.45, 7) is 8.10. The van der Waals surface area contributed by atoms with E-state index in [1.807, 2.05) is 27.8 Å². The Hall–Kier alpha value is -2.44. The van der Waals surface area contributed by atoms with Crippen molar-refractivity contribution in [3.8, 4) is 0 Å². The molecule has 1 atom stereocenters. The Bertz CT molecular complexity index is 780. The average Bonchev–Trinajstić information content (AvgIpc) is 2.91. The van der Waals surface area contributed by atoms with Crippen molar-refractivity contribution in [1.29, 1.82) is 0 Å². The second-order valence-electron chi connectivity index (χ2n) is 5.34. The maximum absolute atomic E-state index is 4.41. The third-order valence-electron chi connectivity index (χ3n) is 3.77. The monoisotopic (exact) mass is 285 g/mol. The molecule has 0 aliphatic rings. The smallest absolute Gasteiger partial charge is 0.163 e. The summed E-state index contributed by atoms with van der Waals surface area (Å²) in [5.41, 5.74) is 4.99. The van der Waals surface area contributed by atoms with Crippen molar-refractivity contribution in [1.82, 2.24) is 29.9 Å². The molecular weight excluding hydrogens is 266 g/mol. The van der Waals surface area contributed by atoms with Crippen LogP contribution in [0.5, 0.6) is 0 Å². The van der Waals surface area contributed by atoms with Crippen LogP contribution in [0.4, 0.5) is 5.82 Å². The molecular formula is C14H19N7. The molecule has 3 aromatic heterocycles. The minimum atomic E-state index is 0.0986. The second-order valence-corrected chi connectivity index (χ2v) is 5.34. The number of hydrogen-bond donors (Lipinski definition) is 2. The van der Waals surface area contributed by atoms with Crippen LogP contribution in [-0.4, -0.2) is 29.9 Å². The quantitative estimate of drug-likeness (QED) is 0.770. The third-order valence-corrected chi connectivity index (χ3v) is 3.77. The van der Waals surface area contributed by atoms with Crippen LogP contribution in [0.3, 0.4) is 0 Å². The highest BCUT2D eigenvalue weighted by molar-refractivity contribution is 5.89. The molecule has 7 nitrogen and oxygen atoms in total. The fraction of sp³-hybridized carbons (Fsp3) is 0.429. The van der Waals surface area contributed by atoms with Crippen LogP contribution in [0.15, 0.2) is 6.33 Å². The van der Waals surface area contributed by atoms with Crippen molar-refractivity contribution < 1.29 is 0 Å². The Morgan fingerprint density at radius 2 is 1.95 bits per heavy atom. The van der Waals surface area contributed by atoms with E-state index < -0.39 is 0 Å². The van der Waals surface area contributed by atoms with Gasteiger partial charge in [-0.15, -0.1) is 0 Å². The van der Waals surface area contributed by atoms with Crippen molar-refractivity contribution in [2.45, 2.75) is 33.7 Å². The van der Waals surface area contributed by atoms with Gasteiger partial charge in [-0.25, -0.2) is 9.97 Å². The maximum atomic E-state index is 4.41. The van der Waals surface area contributed by atoms with Crippen molar-refractivity contribution in [3.05, 3.63) is 29.0 Å². The molecule has 7 heteroatoms. The zero-order chi connectivity index (χ0) is 15.1. The highest BCUT2D eigenvalue weighted by Crippen LogP contribution is 2.27. The van der Waals surface area contributed by atoms with Crippen LogP contribution in [0.1, 0.15) is 35.6 Å². The first-order chi connectivity index (χ1) is 9.99. The van der Waals surface area contributed by atoms with Crippen LogP contribution in [-0.2, 0) is 7.05 Å². The molecule has 0 spiro atoms. The van der Waals surface area contributed by atoms with Crippen molar-refractivity contribution in [2.75, 3.05) is 5.32 Å². The summed E-state index contributed by atoms with van der Waals surface area (Å²) >= 11 is 0. The van der Waals surface area contributed by atoms with Gasteiger partial charge >= 0.3 is 0 Å². The predicted octanol–water partition coefficient (Wildman–Crippen LogP) is 2.18. The van der Waals surface area contributed by atoms with Crippen LogP contribution in [0.2, 0.25) is 0 Å². The van der Waals surface area contributed by atoms with E-state index in [2.05, 4.69) is 37.5 Å². The van der Waals surface area contributed by atoms with Gasteiger partial charge in [0, 0.05) is 18.3 Å². The number of rotatable bonds is 3. The van der Waals surface area contributed by atoms with E-state index >= 15 is 0 Å². The Morgan fingerprint density at radius 1 is 1.19 bits per heavy atom. The first-order valence-electron chi connectivity index (χ1n) is 6.91. The molecule has 0 aromatic carbocycles. The van der Waals surface area contributed by atoms with Gasteiger partial charge in [-0.1, -0.05) is 0 Å². The minimum Gasteiger partial charge on any atom is -0.363 e. The highest BCUT2D eigenvalue weighted by atomic mass is 15.3. The zero-order valence-corrected chi connectivity index (χ0v) is 12.9. The lowest BCUT2D eigenvalue weighted by Gasteiger charge is -2.15. The van der Waals surface area contributed by atoms with Crippen LogP contribution in [0, 0.1) is 20.8 Å². The molecule has 0 amide bonds. The number of hydrogen-bond acceptors (Lipinski definition) is 5. The van der Waals surface area contributed by atoms with Gasteiger partial charge in [-0.3, -0.25) is 9.78 Å². The average molecular weight is 285 g/mol. The van der Waals surface area contributed by atoms with E-state index in [1.165, 1.54) is 5.56 Å². The molecule has 3 aromatic rings. The van der Waals surface area contributed by atoms with E-state index in [9.17, 15) is 0 Å². The van der Waals surface area contributed by atoms with Gasteiger partial charge in [-0.05, 0) is 27.7 Å². The molecule has 110 valence electrons. The lowest BCUT2D eigenvalue weighted by atomic mass is 10.1. The molecule has 21 heavy (non-hydrogen) atoms. The summed E-state index contributed by atoms with van der Waals surface area (Å²) in [6, 6.07) is 0.0986. The third kappa shape index (κ3) is 2.14. The number of aromatic amines is 1. The van der Waals surface area contributed by atoms with E-state index in [4.69, 9.17) is 0 Å². The molecule has 0 radical (unpaired) electrons. The van der Waals surface area contributed by atoms with Crippen LogP contribution in [0.25, 0.3) is 11.0 Å². The van der Waals surface area contributed by atoms with Crippen molar-refractivity contribution in [2.24, 2.45) is 7.05 Å². The van der Waals surface area contributed by atoms with Gasteiger partial charge in [0.1, 0.15) is 12.1 Å². The standard InChI is InChI=1S/C14H19N7/c1-7(11-8(2)18-19-9(11)3)17-13-12-10(4)20-21(5)14(12)16-6-15-13/h6-7H,1-5H3,(H,18,19)(H,15,16,17)/t7-/m1/s1. The van der Waals surface area contributed by atoms with Crippen molar-refractivity contribution in [3.63, 3.8) is 0 Å². The minimum absolute atomic E-state index is 0.0986. The molecule has 0 saturated carbocycles. The van der Waals surface area contributed by atoms with Crippen LogP contribution < -0.4 is 5.32 Å². The summed E-state index contributed by atoms with van der Waals surface area (Å²) in [7, 11) is 1.89. The largest absolute Gasteiger partial charge is 0.363 e. The summed E-state index contributed by atoms with van der Waals surface area (Å²) in [5, 5.41) is 16.1. The molecule has 0 bridgehead atoms. The van der Waals surface area contributed by atoms with Gasteiger partial charge in [0.25, 0.3) is 0 Å². The number of aromatic nitrogens is 6. The highest BCUT2D eigenvalue weighted by Gasteiger charge is 2.18. The van der Waals surface area contributed by atoms with Gasteiger partial charge < -0.3 is 5.32 Å². The number of fused-ring (bicyclic) bond motifs is 1. The van der Waals surface area contributed by atoms with E-state index in [0.717, 1.165) is 33.9 Å². The molecule has 2 N–H and O–H groups in total. The van der Waals surface area contributed by atoms with E-state index in [1.54, 1.807) is 11.0 Å². The molecule has 3 heterocycles. The van der Waals surface area contributed by atoms with Crippen LogP contribution >= 0.6 is 0 Å². The summed E-state index contributed by atoms with van der Waals surface area (Å²) in [6.07, 6.45) is 1.56. The van der Waals surface area contributed by atoms with Gasteiger partial charge in [-0.2, -0.15) is 10.2 Å². The van der Waals surface area contributed by atoms with Gasteiger partial charge in [0.05, 0.1) is 22.8 Å². The molecule has 0 aliphatic carbocycles. The molecule has 3 rings (SSSR count). The number of anilines is 1. The number of H-pyrrole nitrogens is 1. The Kier molecular flexibility index (Phi) is 3.12. The topological polar surface area (TPSA) is 84.3 Å². The maximum Gasteiger partial charge on any atom is 0.163 e. The van der Waals surface area contributed by atoms with Gasteiger partial charge in [0.2, 0.25) is 0 Å². The second kappa shape index (κ2) is 4.83. The molecule has 0 aliphatic heterocycles. The van der Waals surface area contributed by atoms with Crippen molar-refractivity contribution >= 4 is 16.9 Å². The fourth-order valence-corrected chi connectivity index (χ4v) is 2.86. The molecule has 0 unspecified atom stereocenters. The Morgan fingerprint density at radius 3 is 2.62 bits per heavy atom. The number of aryl methyl sites for hydroxylation is 4. The Balaban J connectivity index is 2.03. The van der Waals surface area contributed by atoms with Gasteiger partial charge in [0.15, 0.2) is 5.65 Å². The number of nitrogens with zero attached hydrogens (tertiary/aromatic N) is 5. The first-order valence-corrected chi connectivity index (χ1v) is 6.91. The van der Waals surface area contributed by atoms with E-state index in [-0.39, 0.29) is 6.04 Å². The lowest BCUT2D eigenvalue weighted by molar-refractivity contribution is 0.773. The lowest BCUT2D eigenvalue weighted by Crippen LogP contribution is -2.10.